The normalized spacial score (nSPS) is 17.6. The number of carbonyl (C=O) groups is 1. The number of ketones is 1. The lowest BCUT2D eigenvalue weighted by molar-refractivity contribution is 0.0935. The van der Waals surface area contributed by atoms with Gasteiger partial charge in [-0.15, -0.1) is 0 Å². The molecule has 0 bridgehead atoms. The smallest absolute Gasteiger partial charge is 0.176 e. The summed E-state index contributed by atoms with van der Waals surface area (Å²) in [6, 6.07) is 7.20. The Balaban J connectivity index is 1.96. The molecule has 1 heterocycles. The Morgan fingerprint density at radius 1 is 1.35 bits per heavy atom. The van der Waals surface area contributed by atoms with Gasteiger partial charge in [0.05, 0.1) is 6.54 Å². The molecule has 1 aliphatic heterocycles. The van der Waals surface area contributed by atoms with E-state index in [4.69, 9.17) is 5.73 Å². The molecule has 4 nitrogen and oxygen atoms in total. The number of benzene rings is 1. The molecule has 0 atom stereocenters. The van der Waals surface area contributed by atoms with Crippen molar-refractivity contribution in [3.8, 4) is 0 Å². The largest absolute Gasteiger partial charge is 0.399 e. The van der Waals surface area contributed by atoms with Crippen LogP contribution < -0.4 is 11.1 Å². The molecule has 0 unspecified atom stereocenters. The minimum absolute atomic E-state index is 0.152. The van der Waals surface area contributed by atoms with Crippen LogP contribution in [0.1, 0.15) is 16.8 Å². The number of rotatable bonds is 3. The van der Waals surface area contributed by atoms with Crippen LogP contribution in [-0.2, 0) is 0 Å². The van der Waals surface area contributed by atoms with E-state index in [0.717, 1.165) is 32.6 Å². The van der Waals surface area contributed by atoms with Gasteiger partial charge in [-0.3, -0.25) is 9.69 Å². The zero-order valence-corrected chi connectivity index (χ0v) is 9.98. The number of nitrogens with one attached hydrogen (secondary N) is 1. The lowest BCUT2D eigenvalue weighted by Crippen LogP contribution is -2.33. The van der Waals surface area contributed by atoms with Crippen LogP contribution in [0.2, 0.25) is 0 Å². The van der Waals surface area contributed by atoms with Gasteiger partial charge < -0.3 is 11.1 Å². The standard InChI is InChI=1S/C13H19N3O/c14-12-4-1-3-11(9-12)13(17)10-16-7-2-5-15-6-8-16/h1,3-4,9,15H,2,5-8,10,14H2. The molecule has 1 fully saturated rings. The molecule has 0 amide bonds. The van der Waals surface area contributed by atoms with Crippen molar-refractivity contribution in [1.82, 2.24) is 10.2 Å². The molecule has 0 saturated carbocycles. The van der Waals surface area contributed by atoms with Gasteiger partial charge in [0.1, 0.15) is 0 Å². The third-order valence-corrected chi connectivity index (χ3v) is 3.01. The lowest BCUT2D eigenvalue weighted by atomic mass is 10.1. The van der Waals surface area contributed by atoms with Gasteiger partial charge in [-0.1, -0.05) is 12.1 Å². The van der Waals surface area contributed by atoms with E-state index in [1.54, 1.807) is 12.1 Å². The molecule has 0 radical (unpaired) electrons. The van der Waals surface area contributed by atoms with Crippen LogP contribution in [0, 0.1) is 0 Å². The molecule has 4 heteroatoms. The number of nitrogens with zero attached hydrogens (tertiary/aromatic N) is 1. The summed E-state index contributed by atoms with van der Waals surface area (Å²) in [5.41, 5.74) is 7.04. The Hall–Kier alpha value is -1.39. The van der Waals surface area contributed by atoms with Crippen LogP contribution in [0.4, 0.5) is 5.69 Å². The fourth-order valence-electron chi connectivity index (χ4n) is 2.07. The highest BCUT2D eigenvalue weighted by atomic mass is 16.1. The number of nitrogens with two attached hydrogens (primary N) is 1. The second-order valence-corrected chi connectivity index (χ2v) is 4.43. The summed E-state index contributed by atoms with van der Waals surface area (Å²) in [6.45, 7) is 4.42. The molecule has 92 valence electrons. The van der Waals surface area contributed by atoms with E-state index in [-0.39, 0.29) is 5.78 Å². The van der Waals surface area contributed by atoms with Crippen LogP contribution in [0.5, 0.6) is 0 Å². The average molecular weight is 233 g/mol. The topological polar surface area (TPSA) is 58.4 Å². The van der Waals surface area contributed by atoms with E-state index in [0.29, 0.717) is 17.8 Å². The molecule has 1 aromatic rings. The van der Waals surface area contributed by atoms with Crippen molar-refractivity contribution in [2.45, 2.75) is 6.42 Å². The van der Waals surface area contributed by atoms with E-state index in [1.165, 1.54) is 0 Å². The molecule has 1 saturated heterocycles. The molecule has 2 rings (SSSR count). The van der Waals surface area contributed by atoms with Crippen molar-refractivity contribution >= 4 is 11.5 Å². The first-order valence-electron chi connectivity index (χ1n) is 6.07. The van der Waals surface area contributed by atoms with Gasteiger partial charge in [0.2, 0.25) is 0 Å². The monoisotopic (exact) mass is 233 g/mol. The number of nitrogen functional groups attached to an aromatic ring is 1. The van der Waals surface area contributed by atoms with Crippen LogP contribution in [0.3, 0.4) is 0 Å². The third kappa shape index (κ3) is 3.54. The van der Waals surface area contributed by atoms with Gasteiger partial charge in [0, 0.05) is 24.3 Å². The minimum atomic E-state index is 0.152. The molecule has 0 spiro atoms. The van der Waals surface area contributed by atoms with E-state index < -0.39 is 0 Å². The highest BCUT2D eigenvalue weighted by molar-refractivity contribution is 5.98. The van der Waals surface area contributed by atoms with Gasteiger partial charge in [0.25, 0.3) is 0 Å². The number of hydrogen-bond donors (Lipinski definition) is 2. The van der Waals surface area contributed by atoms with Crippen molar-refractivity contribution in [3.05, 3.63) is 29.8 Å². The summed E-state index contributed by atoms with van der Waals surface area (Å²) in [5, 5.41) is 3.33. The Morgan fingerprint density at radius 2 is 2.24 bits per heavy atom. The minimum Gasteiger partial charge on any atom is -0.399 e. The Labute approximate surface area is 102 Å². The molecule has 1 aromatic carbocycles. The molecular formula is C13H19N3O. The third-order valence-electron chi connectivity index (χ3n) is 3.01. The zero-order valence-electron chi connectivity index (χ0n) is 9.98. The molecule has 0 aliphatic carbocycles. The lowest BCUT2D eigenvalue weighted by Gasteiger charge is -2.18. The Bertz CT molecular complexity index is 384. The Kier molecular flexibility index (Phi) is 4.12. The summed E-state index contributed by atoms with van der Waals surface area (Å²) in [4.78, 5) is 14.3. The molecule has 3 N–H and O–H groups in total. The number of Topliss-reactive ketones (excluding diaryl/α,β-unsaturated/α-hetero) is 1. The molecular weight excluding hydrogens is 214 g/mol. The highest BCUT2D eigenvalue weighted by Gasteiger charge is 2.14. The summed E-state index contributed by atoms with van der Waals surface area (Å²) in [5.74, 6) is 0.152. The van der Waals surface area contributed by atoms with E-state index in [2.05, 4.69) is 10.2 Å². The van der Waals surface area contributed by atoms with Crippen molar-refractivity contribution in [1.29, 1.82) is 0 Å². The second-order valence-electron chi connectivity index (χ2n) is 4.43. The van der Waals surface area contributed by atoms with Crippen LogP contribution in [0.15, 0.2) is 24.3 Å². The predicted octanol–water partition coefficient (Wildman–Crippen LogP) is 0.747. The first kappa shape index (κ1) is 12.1. The first-order valence-corrected chi connectivity index (χ1v) is 6.07. The SMILES string of the molecule is Nc1cccc(C(=O)CN2CCCNCC2)c1. The van der Waals surface area contributed by atoms with Crippen LogP contribution in [0.25, 0.3) is 0 Å². The highest BCUT2D eigenvalue weighted by Crippen LogP contribution is 2.08. The van der Waals surface area contributed by atoms with E-state index >= 15 is 0 Å². The fourth-order valence-corrected chi connectivity index (χ4v) is 2.07. The first-order chi connectivity index (χ1) is 8.25. The van der Waals surface area contributed by atoms with E-state index in [1.807, 2.05) is 12.1 Å². The summed E-state index contributed by atoms with van der Waals surface area (Å²) in [6.07, 6.45) is 1.10. The maximum absolute atomic E-state index is 12.1. The number of carbonyl (C=O) groups excluding carboxylic acids is 1. The summed E-state index contributed by atoms with van der Waals surface area (Å²) >= 11 is 0. The van der Waals surface area contributed by atoms with Crippen LogP contribution in [-0.4, -0.2) is 43.4 Å². The second kappa shape index (κ2) is 5.80. The molecule has 17 heavy (non-hydrogen) atoms. The summed E-state index contributed by atoms with van der Waals surface area (Å²) in [7, 11) is 0. The quantitative estimate of drug-likeness (QED) is 0.597. The van der Waals surface area contributed by atoms with Crippen molar-refractivity contribution in [3.63, 3.8) is 0 Å². The molecule has 1 aliphatic rings. The predicted molar refractivity (Wildman–Crippen MR) is 69.1 cm³/mol. The number of anilines is 1. The zero-order chi connectivity index (χ0) is 12.1. The van der Waals surface area contributed by atoms with Gasteiger partial charge in [-0.25, -0.2) is 0 Å². The van der Waals surface area contributed by atoms with Crippen molar-refractivity contribution in [2.24, 2.45) is 0 Å². The van der Waals surface area contributed by atoms with Crippen molar-refractivity contribution < 1.29 is 4.79 Å². The average Bonchev–Trinajstić information content (AvgIpc) is 2.57. The maximum atomic E-state index is 12.1. The summed E-state index contributed by atoms with van der Waals surface area (Å²) < 4.78 is 0. The fraction of sp³-hybridized carbons (Fsp3) is 0.462. The maximum Gasteiger partial charge on any atom is 0.176 e. The van der Waals surface area contributed by atoms with Gasteiger partial charge in [0.15, 0.2) is 5.78 Å². The van der Waals surface area contributed by atoms with Crippen LogP contribution >= 0.6 is 0 Å². The van der Waals surface area contributed by atoms with Gasteiger partial charge in [-0.05, 0) is 31.6 Å². The Morgan fingerprint density at radius 3 is 3.06 bits per heavy atom. The van der Waals surface area contributed by atoms with Gasteiger partial charge >= 0.3 is 0 Å². The van der Waals surface area contributed by atoms with Gasteiger partial charge in [-0.2, -0.15) is 0 Å². The number of hydrogen-bond acceptors (Lipinski definition) is 4. The molecule has 0 aromatic heterocycles. The van der Waals surface area contributed by atoms with Crippen molar-refractivity contribution in [2.75, 3.05) is 38.5 Å². The van der Waals surface area contributed by atoms with E-state index in [9.17, 15) is 4.79 Å².